The highest BCUT2D eigenvalue weighted by molar-refractivity contribution is 5.90. The first-order valence-electron chi connectivity index (χ1n) is 9.15. The number of benzene rings is 1. The fourth-order valence-corrected chi connectivity index (χ4v) is 4.22. The molecule has 2 fully saturated rings. The number of carbonyl (C=O) groups excluding carboxylic acids is 1. The average molecular weight is 371 g/mol. The zero-order valence-electron chi connectivity index (χ0n) is 14.9. The standard InChI is InChI=1S/C20H22FN3O3/c21-15-6-1-2-8-17(15)27-18-16(7-4-10-22-18)23-19(26)24-11-14-5-3-9-20(14,12-24)13-25/h1-2,4,6-8,10,14,25H,3,5,9,11-13H2,(H,23,26)/t14-,20+/m1/s1. The molecule has 27 heavy (non-hydrogen) atoms. The van der Waals surface area contributed by atoms with E-state index in [9.17, 15) is 14.3 Å². The molecule has 4 rings (SSSR count). The van der Waals surface area contributed by atoms with E-state index >= 15 is 0 Å². The maximum atomic E-state index is 13.9. The van der Waals surface area contributed by atoms with Crippen LogP contribution in [0.3, 0.4) is 0 Å². The first-order chi connectivity index (χ1) is 13.1. The fraction of sp³-hybridized carbons (Fsp3) is 0.400. The highest BCUT2D eigenvalue weighted by Crippen LogP contribution is 2.48. The summed E-state index contributed by atoms with van der Waals surface area (Å²) in [5.41, 5.74) is 0.208. The van der Waals surface area contributed by atoms with Gasteiger partial charge in [-0.3, -0.25) is 0 Å². The van der Waals surface area contributed by atoms with Gasteiger partial charge in [0, 0.05) is 24.7 Å². The minimum absolute atomic E-state index is 0.0432. The summed E-state index contributed by atoms with van der Waals surface area (Å²) in [5.74, 6) is 0.0165. The lowest BCUT2D eigenvalue weighted by Gasteiger charge is -2.26. The number of nitrogens with one attached hydrogen (secondary N) is 1. The summed E-state index contributed by atoms with van der Waals surface area (Å²) in [4.78, 5) is 18.6. The van der Waals surface area contributed by atoms with Gasteiger partial charge in [0.1, 0.15) is 5.69 Å². The number of pyridine rings is 1. The van der Waals surface area contributed by atoms with Crippen LogP contribution in [0.1, 0.15) is 19.3 Å². The van der Waals surface area contributed by atoms with Crippen LogP contribution < -0.4 is 10.1 Å². The van der Waals surface area contributed by atoms with Gasteiger partial charge in [0.05, 0.1) is 6.61 Å². The number of ether oxygens (including phenoxy) is 1. The summed E-state index contributed by atoms with van der Waals surface area (Å²) in [5, 5.41) is 12.6. The molecule has 142 valence electrons. The molecule has 1 aliphatic carbocycles. The lowest BCUT2D eigenvalue weighted by molar-refractivity contribution is 0.114. The Labute approximate surface area is 157 Å². The number of para-hydroxylation sites is 1. The molecule has 2 N–H and O–H groups in total. The van der Waals surface area contributed by atoms with Gasteiger partial charge in [-0.05, 0) is 43.0 Å². The number of urea groups is 1. The number of aliphatic hydroxyl groups excluding tert-OH is 1. The summed E-state index contributed by atoms with van der Waals surface area (Å²) in [6, 6.07) is 9.12. The van der Waals surface area contributed by atoms with E-state index in [4.69, 9.17) is 4.74 Å². The van der Waals surface area contributed by atoms with Crippen molar-refractivity contribution < 1.29 is 19.0 Å². The van der Waals surface area contributed by atoms with Gasteiger partial charge in [0.15, 0.2) is 11.6 Å². The Balaban J connectivity index is 1.49. The molecule has 2 aromatic rings. The van der Waals surface area contributed by atoms with Gasteiger partial charge in [-0.2, -0.15) is 0 Å². The lowest BCUT2D eigenvalue weighted by atomic mass is 9.82. The second-order valence-corrected chi connectivity index (χ2v) is 7.31. The SMILES string of the molecule is O=C(Nc1cccnc1Oc1ccccc1F)N1C[C@H]2CCC[C@@]2(CO)C1. The predicted molar refractivity (Wildman–Crippen MR) is 98.2 cm³/mol. The Morgan fingerprint density at radius 2 is 2.22 bits per heavy atom. The number of amides is 2. The molecular formula is C20H22FN3O3. The Morgan fingerprint density at radius 3 is 3.00 bits per heavy atom. The maximum Gasteiger partial charge on any atom is 0.322 e. The van der Waals surface area contributed by atoms with E-state index < -0.39 is 5.82 Å². The summed E-state index contributed by atoms with van der Waals surface area (Å²) >= 11 is 0. The van der Waals surface area contributed by atoms with Crippen LogP contribution in [0.5, 0.6) is 11.6 Å². The number of halogens is 1. The van der Waals surface area contributed by atoms with Gasteiger partial charge in [-0.1, -0.05) is 18.6 Å². The number of aliphatic hydroxyl groups is 1. The van der Waals surface area contributed by atoms with Gasteiger partial charge in [-0.15, -0.1) is 0 Å². The van der Waals surface area contributed by atoms with Crippen molar-refractivity contribution in [3.8, 4) is 11.6 Å². The van der Waals surface area contributed by atoms with Crippen molar-refractivity contribution in [2.24, 2.45) is 11.3 Å². The number of carbonyl (C=O) groups is 1. The number of fused-ring (bicyclic) bond motifs is 1. The molecule has 2 amide bonds. The topological polar surface area (TPSA) is 74.7 Å². The van der Waals surface area contributed by atoms with E-state index in [2.05, 4.69) is 10.3 Å². The van der Waals surface area contributed by atoms with Crippen molar-refractivity contribution in [2.75, 3.05) is 25.0 Å². The molecule has 1 saturated carbocycles. The molecule has 6 nitrogen and oxygen atoms in total. The van der Waals surface area contributed by atoms with Crippen LogP contribution in [0, 0.1) is 17.2 Å². The van der Waals surface area contributed by atoms with Crippen molar-refractivity contribution in [3.63, 3.8) is 0 Å². The molecule has 1 saturated heterocycles. The average Bonchev–Trinajstić information content (AvgIpc) is 3.23. The molecule has 0 bridgehead atoms. The molecular weight excluding hydrogens is 349 g/mol. The van der Waals surface area contributed by atoms with Crippen molar-refractivity contribution in [1.82, 2.24) is 9.88 Å². The third kappa shape index (κ3) is 3.35. The number of aromatic nitrogens is 1. The van der Waals surface area contributed by atoms with Crippen molar-refractivity contribution in [1.29, 1.82) is 0 Å². The third-order valence-corrected chi connectivity index (χ3v) is 5.70. The number of nitrogens with zero attached hydrogens (tertiary/aromatic N) is 2. The van der Waals surface area contributed by atoms with Gasteiger partial charge < -0.3 is 20.1 Å². The van der Waals surface area contributed by atoms with E-state index in [0.29, 0.717) is 24.7 Å². The summed E-state index contributed by atoms with van der Waals surface area (Å²) in [7, 11) is 0. The molecule has 7 heteroatoms. The normalized spacial score (nSPS) is 23.9. The monoisotopic (exact) mass is 371 g/mol. The summed E-state index contributed by atoms with van der Waals surface area (Å²) in [6.45, 7) is 1.29. The molecule has 0 spiro atoms. The van der Waals surface area contributed by atoms with Gasteiger partial charge in [0.2, 0.25) is 5.88 Å². The molecule has 2 aliphatic rings. The highest BCUT2D eigenvalue weighted by atomic mass is 19.1. The van der Waals surface area contributed by atoms with Crippen molar-refractivity contribution >= 4 is 11.7 Å². The number of anilines is 1. The molecule has 0 unspecified atom stereocenters. The van der Waals surface area contributed by atoms with Crippen LogP contribution in [0.4, 0.5) is 14.9 Å². The minimum Gasteiger partial charge on any atom is -0.434 e. The summed E-state index contributed by atoms with van der Waals surface area (Å²) < 4.78 is 19.4. The van der Waals surface area contributed by atoms with Crippen LogP contribution in [-0.2, 0) is 0 Å². The maximum absolute atomic E-state index is 13.9. The number of hydrogen-bond acceptors (Lipinski definition) is 4. The second-order valence-electron chi connectivity index (χ2n) is 7.31. The Morgan fingerprint density at radius 1 is 1.37 bits per heavy atom. The first kappa shape index (κ1) is 17.7. The Kier molecular flexibility index (Phi) is 4.70. The molecule has 1 aromatic carbocycles. The van der Waals surface area contributed by atoms with Crippen LogP contribution in [-0.4, -0.2) is 40.7 Å². The molecule has 1 aromatic heterocycles. The van der Waals surface area contributed by atoms with E-state index in [-0.39, 0.29) is 29.7 Å². The van der Waals surface area contributed by atoms with Crippen LogP contribution in [0.2, 0.25) is 0 Å². The van der Waals surface area contributed by atoms with E-state index in [1.807, 2.05) is 0 Å². The summed E-state index contributed by atoms with van der Waals surface area (Å²) in [6.07, 6.45) is 4.61. The predicted octanol–water partition coefficient (Wildman–Crippen LogP) is 3.64. The Bertz CT molecular complexity index is 847. The molecule has 2 heterocycles. The zero-order valence-corrected chi connectivity index (χ0v) is 14.9. The smallest absolute Gasteiger partial charge is 0.322 e. The van der Waals surface area contributed by atoms with Crippen LogP contribution in [0.25, 0.3) is 0 Å². The van der Waals surface area contributed by atoms with Crippen LogP contribution in [0.15, 0.2) is 42.6 Å². The largest absolute Gasteiger partial charge is 0.434 e. The van der Waals surface area contributed by atoms with Crippen molar-refractivity contribution in [2.45, 2.75) is 19.3 Å². The third-order valence-electron chi connectivity index (χ3n) is 5.70. The van der Waals surface area contributed by atoms with E-state index in [0.717, 1.165) is 19.3 Å². The van der Waals surface area contributed by atoms with Gasteiger partial charge >= 0.3 is 6.03 Å². The Hall–Kier alpha value is -2.67. The van der Waals surface area contributed by atoms with Gasteiger partial charge in [0.25, 0.3) is 0 Å². The van der Waals surface area contributed by atoms with E-state index in [1.165, 1.54) is 18.3 Å². The lowest BCUT2D eigenvalue weighted by Crippen LogP contribution is -2.36. The number of hydrogen-bond donors (Lipinski definition) is 2. The number of rotatable bonds is 4. The molecule has 2 atom stereocenters. The first-order valence-corrected chi connectivity index (χ1v) is 9.15. The van der Waals surface area contributed by atoms with Crippen molar-refractivity contribution in [3.05, 3.63) is 48.4 Å². The fourth-order valence-electron chi connectivity index (χ4n) is 4.22. The molecule has 0 radical (unpaired) electrons. The number of likely N-dealkylation sites (tertiary alicyclic amines) is 1. The molecule has 1 aliphatic heterocycles. The quantitative estimate of drug-likeness (QED) is 0.860. The van der Waals surface area contributed by atoms with Gasteiger partial charge in [-0.25, -0.2) is 14.2 Å². The highest BCUT2D eigenvalue weighted by Gasteiger charge is 2.50. The zero-order chi connectivity index (χ0) is 18.9. The van der Waals surface area contributed by atoms with Crippen LogP contribution >= 0.6 is 0 Å². The second kappa shape index (κ2) is 7.15. The minimum atomic E-state index is -0.502. The van der Waals surface area contributed by atoms with E-state index in [1.54, 1.807) is 29.2 Å².